The predicted molar refractivity (Wildman–Crippen MR) is 119 cm³/mol. The van der Waals surface area contributed by atoms with Crippen LogP contribution in [0.2, 0.25) is 10.0 Å². The Bertz CT molecular complexity index is 862. The third-order valence-electron chi connectivity index (χ3n) is 4.43. The van der Waals surface area contributed by atoms with Gasteiger partial charge in [0.2, 0.25) is 9.84 Å². The van der Waals surface area contributed by atoms with Crippen molar-refractivity contribution >= 4 is 44.6 Å². The van der Waals surface area contributed by atoms with Gasteiger partial charge in [-0.25, -0.2) is 8.42 Å². The molecule has 0 amide bonds. The SMILES string of the molecule is CCC(C)COc1ccc(S(=O)(=O)c2ccc(OCC(C)CCl)c(Cl)c2)cc1Cl. The predicted octanol–water partition coefficient (Wildman–Crippen LogP) is 6.50. The number of hydrogen-bond donors (Lipinski definition) is 0. The van der Waals surface area contributed by atoms with E-state index in [0.29, 0.717) is 36.5 Å². The molecule has 0 saturated heterocycles. The molecule has 0 fully saturated rings. The third kappa shape index (κ3) is 6.42. The van der Waals surface area contributed by atoms with E-state index in [1.54, 1.807) is 12.1 Å². The van der Waals surface area contributed by atoms with Crippen LogP contribution in [0.25, 0.3) is 0 Å². The Balaban J connectivity index is 2.21. The molecule has 2 unspecified atom stereocenters. The summed E-state index contributed by atoms with van der Waals surface area (Å²) in [6, 6.07) is 8.82. The molecular formula is C21H25Cl3O4S. The van der Waals surface area contributed by atoms with Crippen molar-refractivity contribution in [3.05, 3.63) is 46.4 Å². The second-order valence-electron chi connectivity index (χ2n) is 7.08. The molecule has 160 valence electrons. The molecule has 0 aliphatic carbocycles. The lowest BCUT2D eigenvalue weighted by atomic mass is 10.1. The van der Waals surface area contributed by atoms with Crippen LogP contribution in [-0.2, 0) is 9.84 Å². The summed E-state index contributed by atoms with van der Waals surface area (Å²) < 4.78 is 37.2. The van der Waals surface area contributed by atoms with Crippen molar-refractivity contribution in [1.82, 2.24) is 0 Å². The van der Waals surface area contributed by atoms with Crippen molar-refractivity contribution < 1.29 is 17.9 Å². The van der Waals surface area contributed by atoms with E-state index >= 15 is 0 Å². The number of sulfone groups is 1. The molecule has 0 spiro atoms. The van der Waals surface area contributed by atoms with E-state index in [9.17, 15) is 8.42 Å². The Hall–Kier alpha value is -1.14. The average Bonchev–Trinajstić information content (AvgIpc) is 2.71. The first-order chi connectivity index (χ1) is 13.7. The van der Waals surface area contributed by atoms with E-state index in [0.717, 1.165) is 6.42 Å². The average molecular weight is 480 g/mol. The number of alkyl halides is 1. The highest BCUT2D eigenvalue weighted by atomic mass is 35.5. The second-order valence-corrected chi connectivity index (χ2v) is 10.2. The highest BCUT2D eigenvalue weighted by molar-refractivity contribution is 7.91. The Morgan fingerprint density at radius 3 is 1.69 bits per heavy atom. The topological polar surface area (TPSA) is 52.6 Å². The Morgan fingerprint density at radius 1 is 0.862 bits per heavy atom. The summed E-state index contributed by atoms with van der Waals surface area (Å²) in [6.07, 6.45) is 0.981. The maximum atomic E-state index is 13.0. The van der Waals surface area contributed by atoms with E-state index in [1.807, 2.05) is 6.92 Å². The number of hydrogen-bond acceptors (Lipinski definition) is 4. The fourth-order valence-electron chi connectivity index (χ4n) is 2.29. The third-order valence-corrected chi connectivity index (χ3v) is 7.30. The van der Waals surface area contributed by atoms with Crippen molar-refractivity contribution in [2.45, 2.75) is 37.0 Å². The molecule has 0 aliphatic rings. The maximum Gasteiger partial charge on any atom is 0.206 e. The van der Waals surface area contributed by atoms with E-state index in [1.165, 1.54) is 24.3 Å². The fraction of sp³-hybridized carbons (Fsp3) is 0.429. The smallest absolute Gasteiger partial charge is 0.206 e. The van der Waals surface area contributed by atoms with Crippen LogP contribution < -0.4 is 9.47 Å². The normalized spacial score (nSPS) is 13.7. The quantitative estimate of drug-likeness (QED) is 0.365. The van der Waals surface area contributed by atoms with Gasteiger partial charge in [0.15, 0.2) is 0 Å². The molecule has 0 saturated carbocycles. The number of halogens is 3. The largest absolute Gasteiger partial charge is 0.492 e. The van der Waals surface area contributed by atoms with Gasteiger partial charge in [-0.2, -0.15) is 0 Å². The standard InChI is InChI=1S/C21H25Cl3O4S/c1-4-14(2)12-27-20-7-5-16(9-18(20)23)29(25,26)17-6-8-21(19(24)10-17)28-13-15(3)11-22/h5-10,14-15H,4,11-13H2,1-3H3. The molecule has 0 heterocycles. The van der Waals surface area contributed by atoms with Gasteiger partial charge in [-0.3, -0.25) is 0 Å². The summed E-state index contributed by atoms with van der Waals surface area (Å²) in [7, 11) is -3.79. The summed E-state index contributed by atoms with van der Waals surface area (Å²) in [4.78, 5) is 0.128. The van der Waals surface area contributed by atoms with Gasteiger partial charge in [-0.1, -0.05) is 50.4 Å². The molecule has 2 aromatic rings. The van der Waals surface area contributed by atoms with Crippen LogP contribution in [0, 0.1) is 11.8 Å². The molecule has 4 nitrogen and oxygen atoms in total. The van der Waals surface area contributed by atoms with Crippen molar-refractivity contribution in [1.29, 1.82) is 0 Å². The van der Waals surface area contributed by atoms with Gasteiger partial charge < -0.3 is 9.47 Å². The lowest BCUT2D eigenvalue weighted by Crippen LogP contribution is -2.10. The Kier molecular flexibility index (Phi) is 8.95. The van der Waals surface area contributed by atoms with Gasteiger partial charge in [0, 0.05) is 11.8 Å². The summed E-state index contributed by atoms with van der Waals surface area (Å²) in [5.41, 5.74) is 0. The molecule has 0 aliphatic heterocycles. The van der Waals surface area contributed by atoms with E-state index in [2.05, 4.69) is 13.8 Å². The Labute approximate surface area is 188 Å². The first-order valence-electron chi connectivity index (χ1n) is 9.34. The number of benzene rings is 2. The van der Waals surface area contributed by atoms with Crippen LogP contribution in [0.15, 0.2) is 46.2 Å². The summed E-state index contributed by atoms with van der Waals surface area (Å²) in [6.45, 7) is 7.00. The minimum atomic E-state index is -3.79. The van der Waals surface area contributed by atoms with Gasteiger partial charge in [0.1, 0.15) is 11.5 Å². The highest BCUT2D eigenvalue weighted by Crippen LogP contribution is 2.33. The maximum absolute atomic E-state index is 13.0. The fourth-order valence-corrected chi connectivity index (χ4v) is 4.30. The van der Waals surface area contributed by atoms with Crippen molar-refractivity contribution in [3.8, 4) is 11.5 Å². The number of rotatable bonds is 10. The molecule has 8 heteroatoms. The molecule has 0 radical (unpaired) electrons. The molecule has 2 aromatic carbocycles. The summed E-state index contributed by atoms with van der Waals surface area (Å²) in [5.74, 6) is 1.86. The van der Waals surface area contributed by atoms with Crippen molar-refractivity contribution in [3.63, 3.8) is 0 Å². The highest BCUT2D eigenvalue weighted by Gasteiger charge is 2.21. The number of ether oxygens (including phenoxy) is 2. The molecule has 0 bridgehead atoms. The van der Waals surface area contributed by atoms with Crippen LogP contribution >= 0.6 is 34.8 Å². The molecule has 2 atom stereocenters. The molecule has 29 heavy (non-hydrogen) atoms. The molecule has 0 aromatic heterocycles. The summed E-state index contributed by atoms with van der Waals surface area (Å²) >= 11 is 18.2. The van der Waals surface area contributed by atoms with E-state index in [4.69, 9.17) is 44.3 Å². The molecular weight excluding hydrogens is 455 g/mol. The van der Waals surface area contributed by atoms with Crippen LogP contribution in [0.4, 0.5) is 0 Å². The van der Waals surface area contributed by atoms with Crippen LogP contribution in [0.5, 0.6) is 11.5 Å². The van der Waals surface area contributed by atoms with Crippen molar-refractivity contribution in [2.24, 2.45) is 11.8 Å². The second kappa shape index (κ2) is 10.8. The Morgan fingerprint density at radius 2 is 1.31 bits per heavy atom. The zero-order valence-corrected chi connectivity index (χ0v) is 19.7. The van der Waals surface area contributed by atoms with Gasteiger partial charge in [-0.15, -0.1) is 11.6 Å². The minimum Gasteiger partial charge on any atom is -0.492 e. The summed E-state index contributed by atoms with van der Waals surface area (Å²) in [5, 5.41) is 0.461. The van der Waals surface area contributed by atoms with Crippen LogP contribution in [0.1, 0.15) is 27.2 Å². The minimum absolute atomic E-state index is 0.0598. The van der Waals surface area contributed by atoms with Crippen LogP contribution in [-0.4, -0.2) is 27.5 Å². The first-order valence-corrected chi connectivity index (χ1v) is 12.1. The molecule has 2 rings (SSSR count). The van der Waals surface area contributed by atoms with Gasteiger partial charge in [-0.05, 0) is 42.3 Å². The van der Waals surface area contributed by atoms with E-state index in [-0.39, 0.29) is 25.8 Å². The van der Waals surface area contributed by atoms with Crippen molar-refractivity contribution in [2.75, 3.05) is 19.1 Å². The lowest BCUT2D eigenvalue weighted by Gasteiger charge is -2.14. The van der Waals surface area contributed by atoms with Crippen LogP contribution in [0.3, 0.4) is 0 Å². The zero-order chi connectivity index (χ0) is 21.6. The zero-order valence-electron chi connectivity index (χ0n) is 16.6. The molecule has 0 N–H and O–H groups in total. The van der Waals surface area contributed by atoms with Gasteiger partial charge in [0.25, 0.3) is 0 Å². The lowest BCUT2D eigenvalue weighted by molar-refractivity contribution is 0.256. The monoisotopic (exact) mass is 478 g/mol. The first kappa shape index (κ1) is 24.1. The van der Waals surface area contributed by atoms with E-state index < -0.39 is 9.84 Å². The van der Waals surface area contributed by atoms with Gasteiger partial charge >= 0.3 is 0 Å². The van der Waals surface area contributed by atoms with Gasteiger partial charge in [0.05, 0.1) is 33.0 Å².